The molecule has 5 rings (SSSR count). The van der Waals surface area contributed by atoms with Gasteiger partial charge in [0, 0.05) is 35.7 Å². The van der Waals surface area contributed by atoms with Gasteiger partial charge in [0.2, 0.25) is 0 Å². The number of anilines is 2. The van der Waals surface area contributed by atoms with Crippen LogP contribution in [0.25, 0.3) is 0 Å². The van der Waals surface area contributed by atoms with E-state index in [0.717, 1.165) is 31.6 Å². The van der Waals surface area contributed by atoms with E-state index in [1.54, 1.807) is 48.5 Å². The van der Waals surface area contributed by atoms with Gasteiger partial charge in [-0.1, -0.05) is 18.2 Å². The van der Waals surface area contributed by atoms with Gasteiger partial charge in [-0.05, 0) is 79.4 Å². The number of carbonyl (C=O) groups excluding carboxylic acids is 2. The topological polar surface area (TPSA) is 67.9 Å². The molecule has 0 bridgehead atoms. The van der Waals surface area contributed by atoms with E-state index in [0.29, 0.717) is 35.7 Å². The van der Waals surface area contributed by atoms with Crippen LogP contribution in [0.1, 0.15) is 39.1 Å². The molecule has 33 heavy (non-hydrogen) atoms. The van der Waals surface area contributed by atoms with Gasteiger partial charge in [-0.3, -0.25) is 9.59 Å². The molecular formula is C27H26N2O4. The fraction of sp³-hybridized carbons (Fsp3) is 0.259. The summed E-state index contributed by atoms with van der Waals surface area (Å²) >= 11 is 0. The first-order valence-electron chi connectivity index (χ1n) is 11.3. The Balaban J connectivity index is 1.18. The highest BCUT2D eigenvalue weighted by atomic mass is 16.5. The number of benzene rings is 3. The quantitative estimate of drug-likeness (QED) is 0.601. The molecule has 1 fully saturated rings. The minimum absolute atomic E-state index is 0.0311. The number of carbonyl (C=O) groups is 2. The first kappa shape index (κ1) is 21.2. The van der Waals surface area contributed by atoms with E-state index >= 15 is 0 Å². The van der Waals surface area contributed by atoms with E-state index in [1.165, 1.54) is 5.56 Å². The van der Waals surface area contributed by atoms with Gasteiger partial charge in [0.25, 0.3) is 11.8 Å². The SMILES string of the molecule is O=C(Nc1ccc(C(=O)N2CCc3ccccc32)cc1)c1ccc(OCC2CCCO2)cc1. The number of amides is 2. The third kappa shape index (κ3) is 4.76. The lowest BCUT2D eigenvalue weighted by Crippen LogP contribution is -2.28. The maximum Gasteiger partial charge on any atom is 0.258 e. The monoisotopic (exact) mass is 442 g/mol. The van der Waals surface area contributed by atoms with Crippen LogP contribution in [0.3, 0.4) is 0 Å². The predicted octanol–water partition coefficient (Wildman–Crippen LogP) is 4.70. The van der Waals surface area contributed by atoms with Crippen molar-refractivity contribution >= 4 is 23.2 Å². The molecule has 0 saturated carbocycles. The van der Waals surface area contributed by atoms with E-state index < -0.39 is 0 Å². The zero-order chi connectivity index (χ0) is 22.6. The Bertz CT molecular complexity index is 1140. The number of rotatable bonds is 6. The molecule has 3 aromatic carbocycles. The van der Waals surface area contributed by atoms with Gasteiger partial charge in [0.1, 0.15) is 12.4 Å². The van der Waals surface area contributed by atoms with Gasteiger partial charge in [-0.25, -0.2) is 0 Å². The maximum atomic E-state index is 13.0. The molecule has 168 valence electrons. The smallest absolute Gasteiger partial charge is 0.258 e. The van der Waals surface area contributed by atoms with Crippen molar-refractivity contribution < 1.29 is 19.1 Å². The number of nitrogens with zero attached hydrogens (tertiary/aromatic N) is 1. The molecule has 1 N–H and O–H groups in total. The number of hydrogen-bond acceptors (Lipinski definition) is 4. The van der Waals surface area contributed by atoms with Crippen LogP contribution in [-0.2, 0) is 11.2 Å². The Morgan fingerprint density at radius 3 is 2.48 bits per heavy atom. The summed E-state index contributed by atoms with van der Waals surface area (Å²) in [5.74, 6) is 0.470. The molecule has 2 heterocycles. The molecule has 0 radical (unpaired) electrons. The van der Waals surface area contributed by atoms with E-state index in [-0.39, 0.29) is 17.9 Å². The molecule has 2 aliphatic heterocycles. The van der Waals surface area contributed by atoms with Crippen molar-refractivity contribution in [2.75, 3.05) is 30.0 Å². The highest BCUT2D eigenvalue weighted by molar-refractivity contribution is 6.08. The molecule has 0 aromatic heterocycles. The van der Waals surface area contributed by atoms with Crippen LogP contribution < -0.4 is 15.0 Å². The van der Waals surface area contributed by atoms with Gasteiger partial charge in [-0.15, -0.1) is 0 Å². The molecule has 1 unspecified atom stereocenters. The van der Waals surface area contributed by atoms with Crippen molar-refractivity contribution in [1.29, 1.82) is 0 Å². The third-order valence-electron chi connectivity index (χ3n) is 6.10. The molecule has 6 heteroatoms. The predicted molar refractivity (Wildman–Crippen MR) is 127 cm³/mol. The summed E-state index contributed by atoms with van der Waals surface area (Å²) in [6.07, 6.45) is 3.13. The zero-order valence-electron chi connectivity index (χ0n) is 18.3. The summed E-state index contributed by atoms with van der Waals surface area (Å²) in [6, 6.07) is 22.1. The number of nitrogens with one attached hydrogen (secondary N) is 1. The lowest BCUT2D eigenvalue weighted by atomic mass is 10.1. The number of fused-ring (bicyclic) bond motifs is 1. The van der Waals surface area contributed by atoms with Crippen LogP contribution in [0.5, 0.6) is 5.75 Å². The van der Waals surface area contributed by atoms with Crippen LogP contribution in [0.2, 0.25) is 0 Å². The van der Waals surface area contributed by atoms with Crippen molar-refractivity contribution in [2.24, 2.45) is 0 Å². The minimum Gasteiger partial charge on any atom is -0.491 e. The van der Waals surface area contributed by atoms with Gasteiger partial charge < -0.3 is 19.7 Å². The fourth-order valence-electron chi connectivity index (χ4n) is 4.27. The van der Waals surface area contributed by atoms with Crippen LogP contribution in [0.15, 0.2) is 72.8 Å². The molecule has 3 aromatic rings. The summed E-state index contributed by atoms with van der Waals surface area (Å²) in [6.45, 7) is 2.01. The van der Waals surface area contributed by atoms with Crippen LogP contribution in [0.4, 0.5) is 11.4 Å². The van der Waals surface area contributed by atoms with Crippen molar-refractivity contribution in [3.8, 4) is 5.75 Å². The Morgan fingerprint density at radius 1 is 0.970 bits per heavy atom. The van der Waals surface area contributed by atoms with E-state index in [2.05, 4.69) is 11.4 Å². The number of hydrogen-bond donors (Lipinski definition) is 1. The standard InChI is InChI=1S/C27H26N2O4/c30-26(20-9-13-23(14-10-20)33-18-24-5-3-17-32-24)28-22-11-7-21(8-12-22)27(31)29-16-15-19-4-1-2-6-25(19)29/h1-2,4,6-14,24H,3,5,15-18H2,(H,28,30). The first-order valence-corrected chi connectivity index (χ1v) is 11.3. The van der Waals surface area contributed by atoms with E-state index in [1.807, 2.05) is 23.1 Å². The third-order valence-corrected chi connectivity index (χ3v) is 6.10. The largest absolute Gasteiger partial charge is 0.491 e. The molecule has 0 aliphatic carbocycles. The number of ether oxygens (including phenoxy) is 2. The van der Waals surface area contributed by atoms with Gasteiger partial charge in [0.05, 0.1) is 6.10 Å². The molecule has 2 amide bonds. The van der Waals surface area contributed by atoms with Crippen molar-refractivity contribution in [3.63, 3.8) is 0 Å². The fourth-order valence-corrected chi connectivity index (χ4v) is 4.27. The lowest BCUT2D eigenvalue weighted by Gasteiger charge is -2.17. The summed E-state index contributed by atoms with van der Waals surface area (Å²) in [5.41, 5.74) is 3.93. The second-order valence-corrected chi connectivity index (χ2v) is 8.34. The molecule has 2 aliphatic rings. The highest BCUT2D eigenvalue weighted by Crippen LogP contribution is 2.29. The van der Waals surface area contributed by atoms with Crippen LogP contribution in [-0.4, -0.2) is 37.7 Å². The maximum absolute atomic E-state index is 13.0. The summed E-state index contributed by atoms with van der Waals surface area (Å²) in [4.78, 5) is 27.4. The molecule has 1 atom stereocenters. The summed E-state index contributed by atoms with van der Waals surface area (Å²) in [7, 11) is 0. The van der Waals surface area contributed by atoms with Crippen LogP contribution in [0, 0.1) is 0 Å². The Morgan fingerprint density at radius 2 is 1.73 bits per heavy atom. The summed E-state index contributed by atoms with van der Waals surface area (Å²) in [5, 5.41) is 2.88. The Hall–Kier alpha value is -3.64. The summed E-state index contributed by atoms with van der Waals surface area (Å²) < 4.78 is 11.3. The Kier molecular flexibility index (Phi) is 6.09. The average Bonchev–Trinajstić information content (AvgIpc) is 3.53. The Labute approximate surface area is 193 Å². The van der Waals surface area contributed by atoms with Crippen LogP contribution >= 0.6 is 0 Å². The second-order valence-electron chi connectivity index (χ2n) is 8.34. The van der Waals surface area contributed by atoms with Gasteiger partial charge in [-0.2, -0.15) is 0 Å². The lowest BCUT2D eigenvalue weighted by molar-refractivity contribution is 0.0679. The molecule has 0 spiro atoms. The molecular weight excluding hydrogens is 416 g/mol. The van der Waals surface area contributed by atoms with E-state index in [9.17, 15) is 9.59 Å². The molecule has 6 nitrogen and oxygen atoms in total. The normalized spacial score (nSPS) is 17.0. The highest BCUT2D eigenvalue weighted by Gasteiger charge is 2.25. The van der Waals surface area contributed by atoms with Gasteiger partial charge in [0.15, 0.2) is 0 Å². The molecule has 1 saturated heterocycles. The van der Waals surface area contributed by atoms with Crippen molar-refractivity contribution in [1.82, 2.24) is 0 Å². The zero-order valence-corrected chi connectivity index (χ0v) is 18.3. The van der Waals surface area contributed by atoms with Crippen molar-refractivity contribution in [2.45, 2.75) is 25.4 Å². The van der Waals surface area contributed by atoms with Crippen molar-refractivity contribution in [3.05, 3.63) is 89.5 Å². The average molecular weight is 443 g/mol. The number of para-hydroxylation sites is 1. The minimum atomic E-state index is -0.215. The van der Waals surface area contributed by atoms with Gasteiger partial charge >= 0.3 is 0 Å². The first-order chi connectivity index (χ1) is 16.2. The van der Waals surface area contributed by atoms with E-state index in [4.69, 9.17) is 9.47 Å². The second kappa shape index (κ2) is 9.46.